The van der Waals surface area contributed by atoms with E-state index in [1.54, 1.807) is 12.1 Å². The van der Waals surface area contributed by atoms with E-state index < -0.39 is 28.5 Å². The predicted molar refractivity (Wildman–Crippen MR) is 151 cm³/mol. The van der Waals surface area contributed by atoms with Crippen LogP contribution < -0.4 is 10.6 Å². The van der Waals surface area contributed by atoms with Crippen molar-refractivity contribution in [2.45, 2.75) is 12.7 Å². The van der Waals surface area contributed by atoms with Crippen LogP contribution in [0.15, 0.2) is 73.1 Å². The summed E-state index contributed by atoms with van der Waals surface area (Å²) in [6, 6.07) is 15.1. The fourth-order valence-electron chi connectivity index (χ4n) is 4.56. The summed E-state index contributed by atoms with van der Waals surface area (Å²) >= 11 is 11.9. The number of rotatable bonds is 7. The average molecular weight is 602 g/mol. The van der Waals surface area contributed by atoms with Crippen LogP contribution in [-0.2, 0) is 12.7 Å². The van der Waals surface area contributed by atoms with Gasteiger partial charge in [-0.15, -0.1) is 0 Å². The molecule has 1 fully saturated rings. The number of benzene rings is 3. The lowest BCUT2D eigenvalue weighted by molar-refractivity contribution is -0.137. The van der Waals surface area contributed by atoms with E-state index in [0.717, 1.165) is 55.1 Å². The standard InChI is InChI=1S/C29H24Cl2F3N5O2/c30-21-4-7-26(37-28(41)19-3-1-2-18(12-19)16-38-10-8-35-9-11-38)23(13-21)27(40)20-15-36-39(17-20)22-5-6-25(31)24(14-22)29(32,33)34/h1-7,12-15,17,35H,8-11,16H2,(H,37,41). The fourth-order valence-corrected chi connectivity index (χ4v) is 4.95. The first-order valence-corrected chi connectivity index (χ1v) is 13.4. The third kappa shape index (κ3) is 6.79. The van der Waals surface area contributed by atoms with E-state index >= 15 is 0 Å². The van der Waals surface area contributed by atoms with Gasteiger partial charge in [-0.3, -0.25) is 14.5 Å². The van der Waals surface area contributed by atoms with E-state index in [2.05, 4.69) is 20.6 Å². The van der Waals surface area contributed by atoms with Gasteiger partial charge in [0.15, 0.2) is 5.78 Å². The minimum Gasteiger partial charge on any atom is -0.321 e. The monoisotopic (exact) mass is 601 g/mol. The maximum Gasteiger partial charge on any atom is 0.417 e. The van der Waals surface area contributed by atoms with Gasteiger partial charge in [0.05, 0.1) is 33.7 Å². The number of carbonyl (C=O) groups is 2. The SMILES string of the molecule is O=C(Nc1ccc(Cl)cc1C(=O)c1cnn(-c2ccc(Cl)c(C(F)(F)F)c2)c1)c1cccc(CN2CCNCC2)c1. The Morgan fingerprint density at radius 3 is 2.51 bits per heavy atom. The summed E-state index contributed by atoms with van der Waals surface area (Å²) in [5, 5.41) is 9.99. The van der Waals surface area contributed by atoms with Crippen LogP contribution in [-0.4, -0.2) is 52.5 Å². The van der Waals surface area contributed by atoms with E-state index in [1.807, 2.05) is 18.2 Å². The second kappa shape index (κ2) is 12.0. The zero-order valence-corrected chi connectivity index (χ0v) is 23.0. The zero-order valence-electron chi connectivity index (χ0n) is 21.5. The number of nitrogens with zero attached hydrogens (tertiary/aromatic N) is 3. The molecule has 0 bridgehead atoms. The normalized spacial score (nSPS) is 14.2. The van der Waals surface area contributed by atoms with Crippen LogP contribution in [0, 0.1) is 0 Å². The van der Waals surface area contributed by atoms with Gasteiger partial charge in [0, 0.05) is 55.1 Å². The van der Waals surface area contributed by atoms with Gasteiger partial charge in [-0.25, -0.2) is 4.68 Å². The van der Waals surface area contributed by atoms with Crippen molar-refractivity contribution in [3.05, 3.63) is 111 Å². The third-order valence-electron chi connectivity index (χ3n) is 6.64. The molecule has 4 aromatic rings. The van der Waals surface area contributed by atoms with Crippen molar-refractivity contribution in [2.24, 2.45) is 0 Å². The molecule has 0 aliphatic carbocycles. The van der Waals surface area contributed by atoms with E-state index in [4.69, 9.17) is 23.2 Å². The average Bonchev–Trinajstić information content (AvgIpc) is 3.44. The molecule has 2 heterocycles. The lowest BCUT2D eigenvalue weighted by Gasteiger charge is -2.27. The molecule has 1 saturated heterocycles. The molecule has 5 rings (SSSR count). The molecule has 2 N–H and O–H groups in total. The smallest absolute Gasteiger partial charge is 0.321 e. The molecule has 1 aliphatic heterocycles. The molecule has 0 spiro atoms. The number of aromatic nitrogens is 2. The summed E-state index contributed by atoms with van der Waals surface area (Å²) in [6.45, 7) is 4.40. The van der Waals surface area contributed by atoms with Crippen LogP contribution in [0.1, 0.15) is 37.4 Å². The first-order valence-electron chi connectivity index (χ1n) is 12.7. The number of nitrogens with one attached hydrogen (secondary N) is 2. The Kier molecular flexibility index (Phi) is 8.46. The minimum atomic E-state index is -4.66. The van der Waals surface area contributed by atoms with Crippen LogP contribution in [0.2, 0.25) is 10.0 Å². The van der Waals surface area contributed by atoms with Crippen LogP contribution in [0.3, 0.4) is 0 Å². The van der Waals surface area contributed by atoms with Gasteiger partial charge >= 0.3 is 6.18 Å². The second-order valence-electron chi connectivity index (χ2n) is 9.54. The van der Waals surface area contributed by atoms with Crippen molar-refractivity contribution >= 4 is 40.6 Å². The Balaban J connectivity index is 1.37. The molecule has 1 aliphatic rings. The maximum atomic E-state index is 13.5. The molecule has 12 heteroatoms. The fraction of sp³-hybridized carbons (Fsp3) is 0.207. The first kappa shape index (κ1) is 28.8. The Hall–Kier alpha value is -3.70. The summed E-state index contributed by atoms with van der Waals surface area (Å²) in [4.78, 5) is 29.0. The highest BCUT2D eigenvalue weighted by molar-refractivity contribution is 6.32. The third-order valence-corrected chi connectivity index (χ3v) is 7.21. The van der Waals surface area contributed by atoms with Crippen molar-refractivity contribution in [3.8, 4) is 5.69 Å². The number of hydrogen-bond acceptors (Lipinski definition) is 5. The lowest BCUT2D eigenvalue weighted by atomic mass is 10.0. The highest BCUT2D eigenvalue weighted by Gasteiger charge is 2.33. The quantitative estimate of drug-likeness (QED) is 0.251. The highest BCUT2D eigenvalue weighted by Crippen LogP contribution is 2.36. The molecule has 0 radical (unpaired) electrons. The molecule has 3 aromatic carbocycles. The number of amides is 1. The number of anilines is 1. The Labute approximate surface area is 243 Å². The van der Waals surface area contributed by atoms with Crippen molar-refractivity contribution < 1.29 is 22.8 Å². The predicted octanol–water partition coefficient (Wildman–Crippen LogP) is 6.09. The summed E-state index contributed by atoms with van der Waals surface area (Å²) in [6.07, 6.45) is -2.12. The Morgan fingerprint density at radius 1 is 0.976 bits per heavy atom. The van der Waals surface area contributed by atoms with Gasteiger partial charge < -0.3 is 10.6 Å². The van der Waals surface area contributed by atoms with Crippen LogP contribution in [0.25, 0.3) is 5.69 Å². The lowest BCUT2D eigenvalue weighted by Crippen LogP contribution is -2.42. The minimum absolute atomic E-state index is 0.0705. The van der Waals surface area contributed by atoms with Gasteiger partial charge in [0.2, 0.25) is 0 Å². The number of hydrogen-bond donors (Lipinski definition) is 2. The summed E-state index contributed by atoms with van der Waals surface area (Å²) in [7, 11) is 0. The van der Waals surface area contributed by atoms with Crippen LogP contribution in [0.5, 0.6) is 0 Å². The van der Waals surface area contributed by atoms with Crippen molar-refractivity contribution in [2.75, 3.05) is 31.5 Å². The molecule has 0 unspecified atom stereocenters. The van der Waals surface area contributed by atoms with Gasteiger partial charge in [-0.05, 0) is 54.1 Å². The van der Waals surface area contributed by atoms with E-state index in [9.17, 15) is 22.8 Å². The number of carbonyl (C=O) groups excluding carboxylic acids is 2. The molecule has 0 atom stereocenters. The maximum absolute atomic E-state index is 13.5. The second-order valence-corrected chi connectivity index (χ2v) is 10.4. The summed E-state index contributed by atoms with van der Waals surface area (Å²) in [5.74, 6) is -0.924. The molecular formula is C29H24Cl2F3N5O2. The van der Waals surface area contributed by atoms with E-state index in [0.29, 0.717) is 5.56 Å². The van der Waals surface area contributed by atoms with Crippen molar-refractivity contribution in [1.29, 1.82) is 0 Å². The zero-order chi connectivity index (χ0) is 29.1. The van der Waals surface area contributed by atoms with E-state index in [-0.39, 0.29) is 27.5 Å². The number of halogens is 5. The van der Waals surface area contributed by atoms with Crippen molar-refractivity contribution in [3.63, 3.8) is 0 Å². The molecule has 41 heavy (non-hydrogen) atoms. The molecule has 1 amide bonds. The van der Waals surface area contributed by atoms with Gasteiger partial charge in [0.1, 0.15) is 0 Å². The Morgan fingerprint density at radius 2 is 1.76 bits per heavy atom. The van der Waals surface area contributed by atoms with Crippen LogP contribution >= 0.6 is 23.2 Å². The van der Waals surface area contributed by atoms with Crippen LogP contribution in [0.4, 0.5) is 18.9 Å². The molecule has 7 nitrogen and oxygen atoms in total. The van der Waals surface area contributed by atoms with Gasteiger partial charge in [0.25, 0.3) is 5.91 Å². The molecule has 212 valence electrons. The largest absolute Gasteiger partial charge is 0.417 e. The Bertz CT molecular complexity index is 1600. The van der Waals surface area contributed by atoms with E-state index in [1.165, 1.54) is 30.6 Å². The summed E-state index contributed by atoms with van der Waals surface area (Å²) in [5.41, 5.74) is 0.907. The van der Waals surface area contributed by atoms with Crippen molar-refractivity contribution in [1.82, 2.24) is 20.0 Å². The molecule has 0 saturated carbocycles. The molecular weight excluding hydrogens is 578 g/mol. The highest BCUT2D eigenvalue weighted by atomic mass is 35.5. The number of ketones is 1. The number of piperazine rings is 1. The number of alkyl halides is 3. The van der Waals surface area contributed by atoms with Gasteiger partial charge in [-0.1, -0.05) is 35.3 Å². The first-order chi connectivity index (χ1) is 19.6. The van der Waals surface area contributed by atoms with Gasteiger partial charge in [-0.2, -0.15) is 18.3 Å². The molecule has 1 aromatic heterocycles. The topological polar surface area (TPSA) is 79.3 Å². The summed E-state index contributed by atoms with van der Waals surface area (Å²) < 4.78 is 41.1.